The Morgan fingerprint density at radius 2 is 2.06 bits per heavy atom. The number of rotatable bonds is 7. The molecule has 17 heavy (non-hydrogen) atoms. The van der Waals surface area contributed by atoms with Crippen LogP contribution in [0.25, 0.3) is 0 Å². The van der Waals surface area contributed by atoms with Gasteiger partial charge in [-0.15, -0.1) is 6.58 Å². The molecule has 0 bridgehead atoms. The van der Waals surface area contributed by atoms with Crippen molar-refractivity contribution >= 4 is 20.6 Å². The van der Waals surface area contributed by atoms with Gasteiger partial charge in [-0.3, -0.25) is 0 Å². The van der Waals surface area contributed by atoms with Crippen LogP contribution in [0.15, 0.2) is 48.1 Å². The topological polar surface area (TPSA) is 32.6 Å². The Morgan fingerprint density at radius 1 is 1.35 bits per heavy atom. The summed E-state index contributed by atoms with van der Waals surface area (Å²) in [7, 11) is 0. The van der Waals surface area contributed by atoms with Crippen molar-refractivity contribution in [1.29, 1.82) is 0 Å². The Labute approximate surface area is 111 Å². The van der Waals surface area contributed by atoms with Crippen LogP contribution < -0.4 is 0 Å². The van der Waals surface area contributed by atoms with Crippen LogP contribution in [-0.2, 0) is 6.42 Å². The molecule has 0 aliphatic carbocycles. The summed E-state index contributed by atoms with van der Waals surface area (Å²) in [5.74, 6) is 0.262. The van der Waals surface area contributed by atoms with Crippen LogP contribution in [0.4, 0.5) is 0 Å². The third-order valence-electron chi connectivity index (χ3n) is 2.78. The molecule has 0 amide bonds. The molecule has 0 saturated heterocycles. The Bertz CT molecular complexity index is 362. The number of oxime groups is 1. The zero-order valence-corrected chi connectivity index (χ0v) is 11.4. The third kappa shape index (κ3) is 5.18. The van der Waals surface area contributed by atoms with Gasteiger partial charge in [0, 0.05) is 5.92 Å². The van der Waals surface area contributed by atoms with Crippen LogP contribution in [0.3, 0.4) is 0 Å². The van der Waals surface area contributed by atoms with Crippen LogP contribution in [-0.4, -0.2) is 9.83 Å². The normalized spacial score (nSPS) is 13.4. The summed E-state index contributed by atoms with van der Waals surface area (Å²) in [6.07, 6.45) is 5.76. The van der Waals surface area contributed by atoms with Gasteiger partial charge < -0.3 is 5.21 Å². The summed E-state index contributed by atoms with van der Waals surface area (Å²) in [6.45, 7) is 3.72. The van der Waals surface area contributed by atoms with Gasteiger partial charge in [0.05, 0.1) is 0 Å². The summed E-state index contributed by atoms with van der Waals surface area (Å²) in [4.78, 5) is 0. The summed E-state index contributed by atoms with van der Waals surface area (Å²) in [6, 6.07) is 10.3. The minimum atomic E-state index is 0.262. The third-order valence-corrected chi connectivity index (χ3v) is 3.58. The number of nitrogens with zero attached hydrogens (tertiary/aromatic N) is 1. The summed E-state index contributed by atoms with van der Waals surface area (Å²) in [5.41, 5.74) is 1.31. The lowest BCUT2D eigenvalue weighted by Gasteiger charge is -2.13. The SMILES string of the molecule is C=CCCC(CCc1ccccc1)/C(Br)=N\O. The van der Waals surface area contributed by atoms with Gasteiger partial charge >= 0.3 is 0 Å². The van der Waals surface area contributed by atoms with E-state index in [1.54, 1.807) is 0 Å². The van der Waals surface area contributed by atoms with Crippen molar-refractivity contribution in [1.82, 2.24) is 0 Å². The second-order valence-electron chi connectivity index (χ2n) is 4.01. The molecule has 0 fully saturated rings. The molecule has 1 aromatic carbocycles. The van der Waals surface area contributed by atoms with E-state index in [4.69, 9.17) is 5.21 Å². The van der Waals surface area contributed by atoms with Gasteiger partial charge in [0.25, 0.3) is 0 Å². The minimum Gasteiger partial charge on any atom is -0.410 e. The van der Waals surface area contributed by atoms with Crippen LogP contribution in [0.5, 0.6) is 0 Å². The number of hydrogen-bond acceptors (Lipinski definition) is 2. The number of benzene rings is 1. The molecular weight excluding hydrogens is 278 g/mol. The van der Waals surface area contributed by atoms with Crippen molar-refractivity contribution in [2.75, 3.05) is 0 Å². The van der Waals surface area contributed by atoms with Crippen LogP contribution in [0.2, 0.25) is 0 Å². The molecule has 3 heteroatoms. The first-order chi connectivity index (χ1) is 8.27. The molecule has 0 aliphatic rings. The number of allylic oxidation sites excluding steroid dienone is 1. The van der Waals surface area contributed by atoms with Gasteiger partial charge in [-0.05, 0) is 47.2 Å². The molecule has 0 aliphatic heterocycles. The highest BCUT2D eigenvalue weighted by atomic mass is 79.9. The average Bonchev–Trinajstić information content (AvgIpc) is 2.39. The molecule has 92 valence electrons. The van der Waals surface area contributed by atoms with Gasteiger partial charge in [-0.1, -0.05) is 41.6 Å². The van der Waals surface area contributed by atoms with E-state index in [2.05, 4.69) is 39.8 Å². The quantitative estimate of drug-likeness (QED) is 0.344. The van der Waals surface area contributed by atoms with Gasteiger partial charge in [0.1, 0.15) is 4.62 Å². The van der Waals surface area contributed by atoms with Crippen molar-refractivity contribution in [3.8, 4) is 0 Å². The lowest BCUT2D eigenvalue weighted by Crippen LogP contribution is -2.10. The molecule has 0 heterocycles. The maximum absolute atomic E-state index is 8.82. The molecule has 1 unspecified atom stereocenters. The number of hydrogen-bond donors (Lipinski definition) is 1. The second-order valence-corrected chi connectivity index (χ2v) is 4.82. The molecule has 0 saturated carbocycles. The first-order valence-corrected chi connectivity index (χ1v) is 6.59. The second kappa shape index (κ2) is 8.07. The van der Waals surface area contributed by atoms with Crippen molar-refractivity contribution in [3.63, 3.8) is 0 Å². The van der Waals surface area contributed by atoms with Gasteiger partial charge in [0.15, 0.2) is 0 Å². The van der Waals surface area contributed by atoms with Gasteiger partial charge in [-0.25, -0.2) is 0 Å². The van der Waals surface area contributed by atoms with E-state index in [9.17, 15) is 0 Å². The first-order valence-electron chi connectivity index (χ1n) is 5.80. The predicted octanol–water partition coefficient (Wildman–Crippen LogP) is 4.38. The molecule has 1 atom stereocenters. The van der Waals surface area contributed by atoms with E-state index in [1.807, 2.05) is 24.3 Å². The molecule has 1 N–H and O–H groups in total. The standard InChI is InChI=1S/C14H18BrNO/c1-2-3-9-13(14(15)16-17)11-10-12-7-5-4-6-8-12/h2,4-8,13,17H,1,3,9-11H2/b16-14+. The van der Waals surface area contributed by atoms with Crippen molar-refractivity contribution < 1.29 is 5.21 Å². The van der Waals surface area contributed by atoms with E-state index in [1.165, 1.54) is 5.56 Å². The molecule has 0 spiro atoms. The van der Waals surface area contributed by atoms with Crippen LogP contribution in [0, 0.1) is 5.92 Å². The molecular formula is C14H18BrNO. The maximum atomic E-state index is 8.82. The monoisotopic (exact) mass is 295 g/mol. The largest absolute Gasteiger partial charge is 0.410 e. The highest BCUT2D eigenvalue weighted by Gasteiger charge is 2.13. The van der Waals surface area contributed by atoms with Gasteiger partial charge in [-0.2, -0.15) is 0 Å². The molecule has 0 aromatic heterocycles. The lowest BCUT2D eigenvalue weighted by molar-refractivity contribution is 0.316. The fourth-order valence-electron chi connectivity index (χ4n) is 1.77. The maximum Gasteiger partial charge on any atom is 0.125 e. The average molecular weight is 296 g/mol. The van der Waals surface area contributed by atoms with E-state index in [-0.39, 0.29) is 5.92 Å². The van der Waals surface area contributed by atoms with Crippen molar-refractivity contribution in [2.24, 2.45) is 11.1 Å². The molecule has 1 aromatic rings. The zero-order valence-electron chi connectivity index (χ0n) is 9.85. The Kier molecular flexibility index (Phi) is 6.63. The molecule has 1 rings (SSSR count). The predicted molar refractivity (Wildman–Crippen MR) is 75.8 cm³/mol. The highest BCUT2D eigenvalue weighted by molar-refractivity contribution is 9.18. The molecule has 2 nitrogen and oxygen atoms in total. The molecule has 0 radical (unpaired) electrons. The summed E-state index contributed by atoms with van der Waals surface area (Å²) < 4.78 is 0.635. The first kappa shape index (κ1) is 14.0. The van der Waals surface area contributed by atoms with Crippen LogP contribution >= 0.6 is 15.9 Å². The minimum absolute atomic E-state index is 0.262. The lowest BCUT2D eigenvalue weighted by atomic mass is 9.96. The van der Waals surface area contributed by atoms with Crippen LogP contribution in [0.1, 0.15) is 24.8 Å². The Morgan fingerprint density at radius 3 is 2.65 bits per heavy atom. The smallest absolute Gasteiger partial charge is 0.125 e. The van der Waals surface area contributed by atoms with E-state index in [0.717, 1.165) is 25.7 Å². The van der Waals surface area contributed by atoms with Gasteiger partial charge in [0.2, 0.25) is 0 Å². The fraction of sp³-hybridized carbons (Fsp3) is 0.357. The van der Waals surface area contributed by atoms with Crippen molar-refractivity contribution in [2.45, 2.75) is 25.7 Å². The Hall–Kier alpha value is -1.09. The zero-order chi connectivity index (χ0) is 12.5. The van der Waals surface area contributed by atoms with E-state index >= 15 is 0 Å². The number of aryl methyl sites for hydroxylation is 1. The van der Waals surface area contributed by atoms with Crippen molar-refractivity contribution in [3.05, 3.63) is 48.6 Å². The number of halogens is 1. The van der Waals surface area contributed by atoms with E-state index < -0.39 is 0 Å². The fourth-order valence-corrected chi connectivity index (χ4v) is 2.23. The van der Waals surface area contributed by atoms with E-state index in [0.29, 0.717) is 4.62 Å². The summed E-state index contributed by atoms with van der Waals surface area (Å²) in [5, 5.41) is 12.1. The summed E-state index contributed by atoms with van der Waals surface area (Å²) >= 11 is 3.31. The Balaban J connectivity index is 2.52. The highest BCUT2D eigenvalue weighted by Crippen LogP contribution is 2.20.